The van der Waals surface area contributed by atoms with Crippen LogP contribution >= 0.6 is 11.6 Å². The summed E-state index contributed by atoms with van der Waals surface area (Å²) < 4.78 is 10.4. The average Bonchev–Trinajstić information content (AvgIpc) is 2.98. The van der Waals surface area contributed by atoms with Crippen LogP contribution < -0.4 is 5.32 Å². The van der Waals surface area contributed by atoms with Crippen LogP contribution in [0.25, 0.3) is 11.7 Å². The van der Waals surface area contributed by atoms with E-state index in [2.05, 4.69) is 20.4 Å². The van der Waals surface area contributed by atoms with Crippen LogP contribution in [-0.4, -0.2) is 41.7 Å². The van der Waals surface area contributed by atoms with Crippen LogP contribution in [0.5, 0.6) is 0 Å². The number of nitrogens with one attached hydrogen (secondary N) is 1. The summed E-state index contributed by atoms with van der Waals surface area (Å²) in [6.07, 6.45) is 0. The molecule has 1 fully saturated rings. The van der Waals surface area contributed by atoms with E-state index in [0.717, 1.165) is 19.6 Å². The molecule has 1 aliphatic rings. The predicted molar refractivity (Wildman–Crippen MR) is 65.3 cm³/mol. The summed E-state index contributed by atoms with van der Waals surface area (Å²) in [6, 6.07) is 3.49. The molecule has 18 heavy (non-hydrogen) atoms. The summed E-state index contributed by atoms with van der Waals surface area (Å²) in [4.78, 5) is 6.55. The lowest BCUT2D eigenvalue weighted by Gasteiger charge is -2.30. The van der Waals surface area contributed by atoms with Crippen LogP contribution in [0.15, 0.2) is 21.1 Å². The lowest BCUT2D eigenvalue weighted by Crippen LogP contribution is -2.44. The number of hydrogen-bond donors (Lipinski definition) is 1. The quantitative estimate of drug-likeness (QED) is 0.892. The number of hydrogen-bond acceptors (Lipinski definition) is 6. The van der Waals surface area contributed by atoms with Gasteiger partial charge in [0.15, 0.2) is 16.8 Å². The molecule has 2 aromatic rings. The van der Waals surface area contributed by atoms with Crippen molar-refractivity contribution in [3.05, 3.63) is 23.2 Å². The highest BCUT2D eigenvalue weighted by Crippen LogP contribution is 2.25. The van der Waals surface area contributed by atoms with E-state index in [1.165, 1.54) is 0 Å². The summed E-state index contributed by atoms with van der Waals surface area (Å²) in [5, 5.41) is 7.62. The maximum absolute atomic E-state index is 5.71. The van der Waals surface area contributed by atoms with E-state index in [4.69, 9.17) is 20.5 Å². The first-order chi connectivity index (χ1) is 8.74. The van der Waals surface area contributed by atoms with Gasteiger partial charge in [-0.2, -0.15) is 4.98 Å². The molecule has 1 aliphatic heterocycles. The van der Waals surface area contributed by atoms with Crippen molar-refractivity contribution in [1.82, 2.24) is 20.4 Å². The van der Waals surface area contributed by atoms with Gasteiger partial charge in [0.25, 0.3) is 5.89 Å². The Morgan fingerprint density at radius 3 is 3.11 bits per heavy atom. The largest absolute Gasteiger partial charge is 0.440 e. The molecular formula is C11H13ClN4O2. The normalized spacial score (nSPS) is 21.3. The summed E-state index contributed by atoms with van der Waals surface area (Å²) in [7, 11) is 2.05. The van der Waals surface area contributed by atoms with Crippen molar-refractivity contribution in [1.29, 1.82) is 0 Å². The Morgan fingerprint density at radius 1 is 1.50 bits per heavy atom. The third-order valence-corrected chi connectivity index (χ3v) is 3.24. The van der Waals surface area contributed by atoms with E-state index < -0.39 is 0 Å². The van der Waals surface area contributed by atoms with Crippen molar-refractivity contribution < 1.29 is 8.94 Å². The van der Waals surface area contributed by atoms with Gasteiger partial charge in [0, 0.05) is 19.6 Å². The average molecular weight is 269 g/mol. The Bertz CT molecular complexity index is 539. The van der Waals surface area contributed by atoms with Crippen LogP contribution in [-0.2, 0) is 0 Å². The fraction of sp³-hybridized carbons (Fsp3) is 0.455. The maximum atomic E-state index is 5.71. The molecule has 1 atom stereocenters. The SMILES string of the molecule is CN1CCNCC1c1noc(-c2ccc(Cl)o2)n1. The van der Waals surface area contributed by atoms with Gasteiger partial charge < -0.3 is 14.3 Å². The second-order valence-corrected chi connectivity index (χ2v) is 4.63. The van der Waals surface area contributed by atoms with Crippen molar-refractivity contribution in [3.63, 3.8) is 0 Å². The first-order valence-electron chi connectivity index (χ1n) is 5.74. The molecule has 1 unspecified atom stereocenters. The van der Waals surface area contributed by atoms with E-state index in [-0.39, 0.29) is 6.04 Å². The highest BCUT2D eigenvalue weighted by molar-refractivity contribution is 6.28. The fourth-order valence-electron chi connectivity index (χ4n) is 1.99. The van der Waals surface area contributed by atoms with Gasteiger partial charge in [-0.05, 0) is 30.8 Å². The third-order valence-electron chi connectivity index (χ3n) is 3.03. The minimum atomic E-state index is 0.127. The molecule has 96 valence electrons. The lowest BCUT2D eigenvalue weighted by atomic mass is 10.2. The highest BCUT2D eigenvalue weighted by atomic mass is 35.5. The molecule has 0 amide bonds. The van der Waals surface area contributed by atoms with Crippen LogP contribution in [0.2, 0.25) is 5.22 Å². The van der Waals surface area contributed by atoms with Gasteiger partial charge >= 0.3 is 0 Å². The van der Waals surface area contributed by atoms with E-state index in [9.17, 15) is 0 Å². The van der Waals surface area contributed by atoms with Gasteiger partial charge in [-0.25, -0.2) is 0 Å². The van der Waals surface area contributed by atoms with Crippen molar-refractivity contribution in [2.24, 2.45) is 0 Å². The summed E-state index contributed by atoms with van der Waals surface area (Å²) >= 11 is 5.71. The smallest absolute Gasteiger partial charge is 0.293 e. The molecule has 0 radical (unpaired) electrons. The first-order valence-corrected chi connectivity index (χ1v) is 6.12. The molecule has 1 saturated heterocycles. The minimum absolute atomic E-state index is 0.127. The number of piperazine rings is 1. The number of furan rings is 1. The van der Waals surface area contributed by atoms with Gasteiger partial charge in [-0.15, -0.1) is 0 Å². The summed E-state index contributed by atoms with van der Waals surface area (Å²) in [6.45, 7) is 2.75. The number of halogens is 1. The van der Waals surface area contributed by atoms with Gasteiger partial charge in [0.1, 0.15) is 0 Å². The Labute approximate surface area is 109 Å². The zero-order chi connectivity index (χ0) is 12.5. The Hall–Kier alpha value is -1.37. The Kier molecular flexibility index (Phi) is 3.07. The van der Waals surface area contributed by atoms with Gasteiger partial charge in [0.05, 0.1) is 6.04 Å². The van der Waals surface area contributed by atoms with Crippen molar-refractivity contribution in [2.75, 3.05) is 26.7 Å². The highest BCUT2D eigenvalue weighted by Gasteiger charge is 2.26. The first kappa shape index (κ1) is 11.7. The van der Waals surface area contributed by atoms with Crippen LogP contribution in [0, 0.1) is 0 Å². The third kappa shape index (κ3) is 2.14. The molecule has 3 heterocycles. The van der Waals surface area contributed by atoms with E-state index in [1.54, 1.807) is 12.1 Å². The van der Waals surface area contributed by atoms with Crippen molar-refractivity contribution >= 4 is 11.6 Å². The zero-order valence-corrected chi connectivity index (χ0v) is 10.6. The van der Waals surface area contributed by atoms with Gasteiger partial charge in [-0.1, -0.05) is 5.16 Å². The summed E-state index contributed by atoms with van der Waals surface area (Å²) in [5.41, 5.74) is 0. The fourth-order valence-corrected chi connectivity index (χ4v) is 2.14. The number of aromatic nitrogens is 2. The number of likely N-dealkylation sites (N-methyl/N-ethyl adjacent to an activating group) is 1. The molecule has 0 saturated carbocycles. The lowest BCUT2D eigenvalue weighted by molar-refractivity contribution is 0.190. The van der Waals surface area contributed by atoms with Crippen molar-refractivity contribution in [2.45, 2.75) is 6.04 Å². The van der Waals surface area contributed by atoms with E-state index >= 15 is 0 Å². The molecular weight excluding hydrogens is 256 g/mol. The van der Waals surface area contributed by atoms with Gasteiger partial charge in [0.2, 0.25) is 0 Å². The molecule has 7 heteroatoms. The van der Waals surface area contributed by atoms with Crippen LogP contribution in [0.4, 0.5) is 0 Å². The summed E-state index contributed by atoms with van der Waals surface area (Å²) in [5.74, 6) is 1.51. The molecule has 0 aromatic carbocycles. The molecule has 0 spiro atoms. The number of rotatable bonds is 2. The minimum Gasteiger partial charge on any atom is -0.440 e. The molecule has 1 N–H and O–H groups in total. The second kappa shape index (κ2) is 4.72. The molecule has 0 aliphatic carbocycles. The van der Waals surface area contributed by atoms with Crippen LogP contribution in [0.1, 0.15) is 11.9 Å². The van der Waals surface area contributed by atoms with E-state index in [1.807, 2.05) is 7.05 Å². The predicted octanol–water partition coefficient (Wildman–Crippen LogP) is 1.56. The molecule has 3 rings (SSSR count). The Morgan fingerprint density at radius 2 is 2.39 bits per heavy atom. The molecule has 6 nitrogen and oxygen atoms in total. The molecule has 2 aromatic heterocycles. The van der Waals surface area contributed by atoms with Crippen LogP contribution in [0.3, 0.4) is 0 Å². The molecule has 0 bridgehead atoms. The van der Waals surface area contributed by atoms with Crippen molar-refractivity contribution in [3.8, 4) is 11.7 Å². The zero-order valence-electron chi connectivity index (χ0n) is 9.89. The second-order valence-electron chi connectivity index (χ2n) is 4.26. The monoisotopic (exact) mass is 268 g/mol. The maximum Gasteiger partial charge on any atom is 0.293 e. The van der Waals surface area contributed by atoms with Gasteiger partial charge in [-0.3, -0.25) is 4.90 Å². The number of nitrogens with zero attached hydrogens (tertiary/aromatic N) is 3. The van der Waals surface area contributed by atoms with E-state index in [0.29, 0.717) is 22.7 Å². The topological polar surface area (TPSA) is 67.3 Å². The standard InChI is InChI=1S/C11H13ClN4O2/c1-16-5-4-13-6-7(16)10-14-11(18-15-10)8-2-3-9(12)17-8/h2-3,7,13H,4-6H2,1H3. The Balaban J connectivity index is 1.84.